The molecule has 0 saturated heterocycles. The zero-order valence-electron chi connectivity index (χ0n) is 10.3. The smallest absolute Gasteiger partial charge is 0.267 e. The van der Waals surface area contributed by atoms with Gasteiger partial charge in [-0.05, 0) is 38.1 Å². The molecule has 0 fully saturated rings. The number of primary amides is 1. The fourth-order valence-corrected chi connectivity index (χ4v) is 1.66. The molecule has 2 rings (SSSR count). The Morgan fingerprint density at radius 2 is 2.22 bits per heavy atom. The van der Waals surface area contributed by atoms with Gasteiger partial charge >= 0.3 is 0 Å². The molecular formula is C13H15N3O2. The first kappa shape index (κ1) is 12.2. The quantitative estimate of drug-likeness (QED) is 0.865. The molecular weight excluding hydrogens is 230 g/mol. The second kappa shape index (κ2) is 4.91. The van der Waals surface area contributed by atoms with Crippen molar-refractivity contribution < 1.29 is 9.21 Å². The average Bonchev–Trinajstić information content (AvgIpc) is 2.76. The largest absolute Gasteiger partial charge is 0.464 e. The highest BCUT2D eigenvalue weighted by atomic mass is 16.3. The van der Waals surface area contributed by atoms with Crippen molar-refractivity contribution in [1.82, 2.24) is 4.98 Å². The molecule has 1 atom stereocenters. The number of nitrogens with one attached hydrogen (secondary N) is 1. The van der Waals surface area contributed by atoms with Gasteiger partial charge < -0.3 is 15.5 Å². The number of aryl methyl sites for hydroxylation is 1. The number of hydrogen-bond acceptors (Lipinski definition) is 4. The van der Waals surface area contributed by atoms with Gasteiger partial charge in [-0.15, -0.1) is 0 Å². The Bertz CT molecular complexity index is 563. The maximum Gasteiger partial charge on any atom is 0.267 e. The number of anilines is 1. The monoisotopic (exact) mass is 245 g/mol. The first-order chi connectivity index (χ1) is 8.56. The standard InChI is InChI=1S/C13H15N3O2/c1-8-3-4-12(18-8)9(2)16-10-5-6-15-11(7-10)13(14)17/h3-7,9H,1-2H3,(H2,14,17)(H,15,16). The first-order valence-electron chi connectivity index (χ1n) is 5.65. The van der Waals surface area contributed by atoms with Gasteiger partial charge in [0.2, 0.25) is 0 Å². The van der Waals surface area contributed by atoms with Gasteiger partial charge in [0.05, 0.1) is 6.04 Å². The van der Waals surface area contributed by atoms with E-state index in [2.05, 4.69) is 10.3 Å². The number of carbonyl (C=O) groups is 1. The van der Waals surface area contributed by atoms with Crippen LogP contribution in [0.2, 0.25) is 0 Å². The van der Waals surface area contributed by atoms with E-state index in [1.165, 1.54) is 0 Å². The summed E-state index contributed by atoms with van der Waals surface area (Å²) in [5.41, 5.74) is 6.20. The molecule has 2 heterocycles. The third kappa shape index (κ3) is 2.68. The molecule has 0 bridgehead atoms. The molecule has 3 N–H and O–H groups in total. The topological polar surface area (TPSA) is 81.1 Å². The van der Waals surface area contributed by atoms with Crippen LogP contribution in [0.3, 0.4) is 0 Å². The van der Waals surface area contributed by atoms with Crippen LogP contribution < -0.4 is 11.1 Å². The molecule has 0 saturated carbocycles. The Hall–Kier alpha value is -2.30. The van der Waals surface area contributed by atoms with Gasteiger partial charge in [0.25, 0.3) is 5.91 Å². The Labute approximate surface area is 105 Å². The van der Waals surface area contributed by atoms with Gasteiger partial charge in [-0.3, -0.25) is 9.78 Å². The normalized spacial score (nSPS) is 12.1. The summed E-state index contributed by atoms with van der Waals surface area (Å²) in [7, 11) is 0. The van der Waals surface area contributed by atoms with Gasteiger partial charge in [-0.1, -0.05) is 0 Å². The molecule has 0 aliphatic heterocycles. The van der Waals surface area contributed by atoms with Gasteiger partial charge in [0.15, 0.2) is 0 Å². The molecule has 0 aliphatic rings. The molecule has 1 unspecified atom stereocenters. The number of aromatic nitrogens is 1. The molecule has 1 amide bonds. The second-order valence-electron chi connectivity index (χ2n) is 4.11. The lowest BCUT2D eigenvalue weighted by atomic mass is 10.2. The van der Waals surface area contributed by atoms with Gasteiger partial charge in [0.1, 0.15) is 17.2 Å². The van der Waals surface area contributed by atoms with Crippen LogP contribution in [0.5, 0.6) is 0 Å². The number of pyridine rings is 1. The van der Waals surface area contributed by atoms with Crippen LogP contribution in [0.1, 0.15) is 35.0 Å². The highest BCUT2D eigenvalue weighted by molar-refractivity contribution is 5.91. The Balaban J connectivity index is 2.14. The summed E-state index contributed by atoms with van der Waals surface area (Å²) in [5, 5.41) is 3.23. The highest BCUT2D eigenvalue weighted by Crippen LogP contribution is 2.21. The van der Waals surface area contributed by atoms with Gasteiger partial charge in [-0.2, -0.15) is 0 Å². The van der Waals surface area contributed by atoms with Crippen LogP contribution >= 0.6 is 0 Å². The number of nitrogens with zero attached hydrogens (tertiary/aromatic N) is 1. The Kier molecular flexibility index (Phi) is 3.32. The van der Waals surface area contributed by atoms with E-state index in [4.69, 9.17) is 10.2 Å². The lowest BCUT2D eigenvalue weighted by Gasteiger charge is -2.13. The van der Waals surface area contributed by atoms with E-state index in [0.717, 1.165) is 17.2 Å². The number of rotatable bonds is 4. The van der Waals surface area contributed by atoms with Crippen LogP contribution in [0.25, 0.3) is 0 Å². The van der Waals surface area contributed by atoms with E-state index in [1.54, 1.807) is 18.3 Å². The summed E-state index contributed by atoms with van der Waals surface area (Å²) in [4.78, 5) is 14.9. The van der Waals surface area contributed by atoms with E-state index < -0.39 is 5.91 Å². The van der Waals surface area contributed by atoms with Crippen molar-refractivity contribution in [2.45, 2.75) is 19.9 Å². The van der Waals surface area contributed by atoms with Crippen molar-refractivity contribution in [3.05, 3.63) is 47.7 Å². The SMILES string of the molecule is Cc1ccc(C(C)Nc2ccnc(C(N)=O)c2)o1. The zero-order valence-corrected chi connectivity index (χ0v) is 10.3. The van der Waals surface area contributed by atoms with Crippen LogP contribution in [-0.2, 0) is 0 Å². The van der Waals surface area contributed by atoms with E-state index >= 15 is 0 Å². The Morgan fingerprint density at radius 1 is 1.44 bits per heavy atom. The maximum absolute atomic E-state index is 11.0. The number of nitrogens with two attached hydrogens (primary N) is 1. The van der Waals surface area contributed by atoms with Crippen LogP contribution in [0.15, 0.2) is 34.9 Å². The maximum atomic E-state index is 11.0. The lowest BCUT2D eigenvalue weighted by Crippen LogP contribution is -2.14. The number of carbonyl (C=O) groups excluding carboxylic acids is 1. The predicted molar refractivity (Wildman–Crippen MR) is 68.2 cm³/mol. The highest BCUT2D eigenvalue weighted by Gasteiger charge is 2.10. The summed E-state index contributed by atoms with van der Waals surface area (Å²) in [5.74, 6) is 1.16. The van der Waals surface area contributed by atoms with Crippen molar-refractivity contribution in [2.24, 2.45) is 5.73 Å². The van der Waals surface area contributed by atoms with Crippen molar-refractivity contribution >= 4 is 11.6 Å². The van der Waals surface area contributed by atoms with Crippen molar-refractivity contribution in [1.29, 1.82) is 0 Å². The van der Waals surface area contributed by atoms with E-state index in [9.17, 15) is 4.79 Å². The van der Waals surface area contributed by atoms with Crippen molar-refractivity contribution in [3.8, 4) is 0 Å². The molecule has 0 aromatic carbocycles. The van der Waals surface area contributed by atoms with Crippen molar-refractivity contribution in [3.63, 3.8) is 0 Å². The molecule has 2 aromatic rings. The van der Waals surface area contributed by atoms with Crippen molar-refractivity contribution in [2.75, 3.05) is 5.32 Å². The molecule has 5 heteroatoms. The Morgan fingerprint density at radius 3 is 2.83 bits per heavy atom. The molecule has 18 heavy (non-hydrogen) atoms. The third-order valence-electron chi connectivity index (χ3n) is 2.58. The first-order valence-corrected chi connectivity index (χ1v) is 5.65. The number of amides is 1. The van der Waals surface area contributed by atoms with Gasteiger partial charge in [0, 0.05) is 11.9 Å². The average molecular weight is 245 g/mol. The second-order valence-corrected chi connectivity index (χ2v) is 4.11. The predicted octanol–water partition coefficient (Wildman–Crippen LogP) is 2.26. The minimum atomic E-state index is -0.542. The lowest BCUT2D eigenvalue weighted by molar-refractivity contribution is 0.0995. The fourth-order valence-electron chi connectivity index (χ4n) is 1.66. The molecule has 94 valence electrons. The fraction of sp³-hybridized carbons (Fsp3) is 0.231. The zero-order chi connectivity index (χ0) is 13.1. The summed E-state index contributed by atoms with van der Waals surface area (Å²) in [6, 6.07) is 7.23. The molecule has 0 aliphatic carbocycles. The minimum absolute atomic E-state index is 0.00169. The van der Waals surface area contributed by atoms with E-state index in [0.29, 0.717) is 0 Å². The molecule has 0 spiro atoms. The van der Waals surface area contributed by atoms with E-state index in [-0.39, 0.29) is 11.7 Å². The van der Waals surface area contributed by atoms with Crippen LogP contribution in [-0.4, -0.2) is 10.9 Å². The van der Waals surface area contributed by atoms with Crippen LogP contribution in [0, 0.1) is 6.92 Å². The minimum Gasteiger partial charge on any atom is -0.464 e. The molecule has 5 nitrogen and oxygen atoms in total. The van der Waals surface area contributed by atoms with Crippen LogP contribution in [0.4, 0.5) is 5.69 Å². The summed E-state index contributed by atoms with van der Waals surface area (Å²) < 4.78 is 5.53. The van der Waals surface area contributed by atoms with E-state index in [1.807, 2.05) is 26.0 Å². The summed E-state index contributed by atoms with van der Waals surface area (Å²) in [6.07, 6.45) is 1.54. The molecule has 2 aromatic heterocycles. The third-order valence-corrected chi connectivity index (χ3v) is 2.58. The summed E-state index contributed by atoms with van der Waals surface area (Å²) in [6.45, 7) is 3.87. The number of hydrogen-bond donors (Lipinski definition) is 2. The summed E-state index contributed by atoms with van der Waals surface area (Å²) >= 11 is 0. The number of furan rings is 1. The van der Waals surface area contributed by atoms with Gasteiger partial charge in [-0.25, -0.2) is 0 Å². The molecule has 0 radical (unpaired) electrons.